The molecule has 0 aliphatic heterocycles. The number of urea groups is 1. The molecule has 1 aromatic heterocycles. The maximum absolute atomic E-state index is 11.7. The van der Waals surface area contributed by atoms with Gasteiger partial charge in [0.25, 0.3) is 0 Å². The number of imidazole rings is 1. The first-order valence-corrected chi connectivity index (χ1v) is 6.54. The first kappa shape index (κ1) is 14.1. The van der Waals surface area contributed by atoms with E-state index in [1.807, 2.05) is 31.2 Å². The number of H-pyrrole nitrogens is 1. The van der Waals surface area contributed by atoms with Gasteiger partial charge < -0.3 is 21.4 Å². The van der Waals surface area contributed by atoms with Gasteiger partial charge >= 0.3 is 6.03 Å². The molecule has 0 bridgehead atoms. The van der Waals surface area contributed by atoms with E-state index in [4.69, 9.17) is 5.73 Å². The van der Waals surface area contributed by atoms with E-state index in [0.717, 1.165) is 17.1 Å². The lowest BCUT2D eigenvalue weighted by molar-refractivity contribution is 0.252. The number of aromatic amines is 1. The van der Waals surface area contributed by atoms with Gasteiger partial charge in [-0.2, -0.15) is 0 Å². The van der Waals surface area contributed by atoms with Crippen molar-refractivity contribution in [1.82, 2.24) is 15.3 Å². The average Bonchev–Trinajstić information content (AvgIpc) is 2.92. The monoisotopic (exact) mass is 273 g/mol. The van der Waals surface area contributed by atoms with Gasteiger partial charge in [0.1, 0.15) is 5.82 Å². The highest BCUT2D eigenvalue weighted by atomic mass is 16.2. The van der Waals surface area contributed by atoms with Gasteiger partial charge in [-0.15, -0.1) is 0 Å². The van der Waals surface area contributed by atoms with E-state index in [2.05, 4.69) is 20.6 Å². The van der Waals surface area contributed by atoms with E-state index in [-0.39, 0.29) is 12.1 Å². The number of hydrogen-bond acceptors (Lipinski definition) is 3. The Morgan fingerprint density at radius 3 is 2.75 bits per heavy atom. The van der Waals surface area contributed by atoms with Crippen molar-refractivity contribution < 1.29 is 4.79 Å². The van der Waals surface area contributed by atoms with E-state index in [1.54, 1.807) is 12.4 Å². The number of aromatic nitrogens is 2. The van der Waals surface area contributed by atoms with E-state index < -0.39 is 0 Å². The summed E-state index contributed by atoms with van der Waals surface area (Å²) in [6.45, 7) is 2.45. The van der Waals surface area contributed by atoms with Crippen LogP contribution in [0.25, 0.3) is 0 Å². The summed E-state index contributed by atoms with van der Waals surface area (Å²) in [5.74, 6) is 0.853. The average molecular weight is 273 g/mol. The molecule has 0 aliphatic rings. The van der Waals surface area contributed by atoms with Gasteiger partial charge in [-0.3, -0.25) is 0 Å². The van der Waals surface area contributed by atoms with Crippen LogP contribution in [0.2, 0.25) is 0 Å². The molecule has 2 aromatic rings. The highest BCUT2D eigenvalue weighted by Crippen LogP contribution is 2.13. The van der Waals surface area contributed by atoms with Crippen LogP contribution < -0.4 is 16.4 Å². The maximum Gasteiger partial charge on any atom is 0.319 e. The Labute approximate surface area is 117 Å². The summed E-state index contributed by atoms with van der Waals surface area (Å²) in [4.78, 5) is 18.7. The zero-order chi connectivity index (χ0) is 14.4. The van der Waals surface area contributed by atoms with Crippen LogP contribution in [0.4, 0.5) is 10.5 Å². The molecule has 0 fully saturated rings. The van der Waals surface area contributed by atoms with E-state index in [1.165, 1.54) is 0 Å². The van der Waals surface area contributed by atoms with Crippen molar-refractivity contribution in [2.45, 2.75) is 19.4 Å². The molecule has 0 aliphatic carbocycles. The number of nitrogens with one attached hydrogen (secondary N) is 3. The molecule has 1 unspecified atom stereocenters. The normalized spacial score (nSPS) is 11.9. The van der Waals surface area contributed by atoms with E-state index in [9.17, 15) is 4.79 Å². The molecule has 6 heteroatoms. The SMILES string of the molecule is CC(N)c1ccc(NC(=O)NCCc2ncc[nH]2)cc1. The Morgan fingerprint density at radius 1 is 1.40 bits per heavy atom. The smallest absolute Gasteiger partial charge is 0.319 e. The van der Waals surface area contributed by atoms with Crippen LogP contribution in [-0.2, 0) is 6.42 Å². The van der Waals surface area contributed by atoms with E-state index in [0.29, 0.717) is 13.0 Å². The van der Waals surface area contributed by atoms with Crippen molar-refractivity contribution in [2.75, 3.05) is 11.9 Å². The molecule has 0 saturated carbocycles. The molecule has 2 rings (SSSR count). The van der Waals surface area contributed by atoms with Gasteiger partial charge in [-0.25, -0.2) is 9.78 Å². The van der Waals surface area contributed by atoms with Crippen molar-refractivity contribution >= 4 is 11.7 Å². The second-order valence-corrected chi connectivity index (χ2v) is 4.58. The Morgan fingerprint density at radius 2 is 2.15 bits per heavy atom. The lowest BCUT2D eigenvalue weighted by Crippen LogP contribution is -2.30. The van der Waals surface area contributed by atoms with Gasteiger partial charge in [0.15, 0.2) is 0 Å². The molecule has 0 spiro atoms. The Bertz CT molecular complexity index is 533. The van der Waals surface area contributed by atoms with Crippen molar-refractivity contribution in [1.29, 1.82) is 0 Å². The highest BCUT2D eigenvalue weighted by molar-refractivity contribution is 5.89. The Hall–Kier alpha value is -2.34. The zero-order valence-corrected chi connectivity index (χ0v) is 11.4. The molecule has 106 valence electrons. The second-order valence-electron chi connectivity index (χ2n) is 4.58. The summed E-state index contributed by atoms with van der Waals surface area (Å²) in [6, 6.07) is 7.25. The summed E-state index contributed by atoms with van der Waals surface area (Å²) in [6.07, 6.45) is 4.12. The zero-order valence-electron chi connectivity index (χ0n) is 11.4. The van der Waals surface area contributed by atoms with Crippen LogP contribution >= 0.6 is 0 Å². The van der Waals surface area contributed by atoms with Crippen LogP contribution in [0.5, 0.6) is 0 Å². The summed E-state index contributed by atoms with van der Waals surface area (Å²) in [5.41, 5.74) is 7.55. The number of hydrogen-bond donors (Lipinski definition) is 4. The molecular formula is C14H19N5O. The molecule has 5 N–H and O–H groups in total. The predicted molar refractivity (Wildman–Crippen MR) is 78.4 cm³/mol. The van der Waals surface area contributed by atoms with Gasteiger partial charge in [-0.05, 0) is 24.6 Å². The summed E-state index contributed by atoms with van der Waals surface area (Å²) in [7, 11) is 0. The fourth-order valence-corrected chi connectivity index (χ4v) is 1.77. The quantitative estimate of drug-likeness (QED) is 0.668. The third kappa shape index (κ3) is 4.10. The topological polar surface area (TPSA) is 95.8 Å². The van der Waals surface area contributed by atoms with Crippen LogP contribution in [0.1, 0.15) is 24.4 Å². The molecule has 20 heavy (non-hydrogen) atoms. The molecule has 1 heterocycles. The maximum atomic E-state index is 11.7. The number of amides is 2. The van der Waals surface area contributed by atoms with Gasteiger partial charge in [-0.1, -0.05) is 12.1 Å². The molecule has 6 nitrogen and oxygen atoms in total. The van der Waals surface area contributed by atoms with Crippen LogP contribution in [0.3, 0.4) is 0 Å². The Kier molecular flexibility index (Phi) is 4.73. The molecule has 1 atom stereocenters. The van der Waals surface area contributed by atoms with Crippen molar-refractivity contribution in [3.05, 3.63) is 48.0 Å². The number of carbonyl (C=O) groups is 1. The van der Waals surface area contributed by atoms with Crippen molar-refractivity contribution in [3.8, 4) is 0 Å². The first-order valence-electron chi connectivity index (χ1n) is 6.54. The fourth-order valence-electron chi connectivity index (χ4n) is 1.77. The number of rotatable bonds is 5. The second kappa shape index (κ2) is 6.72. The molecule has 0 saturated heterocycles. The van der Waals surface area contributed by atoms with Gasteiger partial charge in [0.05, 0.1) is 0 Å². The lowest BCUT2D eigenvalue weighted by Gasteiger charge is -2.09. The van der Waals surface area contributed by atoms with Crippen LogP contribution in [-0.4, -0.2) is 22.5 Å². The predicted octanol–water partition coefficient (Wildman–Crippen LogP) is 1.79. The largest absolute Gasteiger partial charge is 0.349 e. The van der Waals surface area contributed by atoms with Gasteiger partial charge in [0.2, 0.25) is 0 Å². The highest BCUT2D eigenvalue weighted by Gasteiger charge is 2.03. The summed E-state index contributed by atoms with van der Waals surface area (Å²) in [5, 5.41) is 5.54. The third-order valence-electron chi connectivity index (χ3n) is 2.90. The van der Waals surface area contributed by atoms with Gasteiger partial charge in [0, 0.05) is 37.1 Å². The number of nitrogens with zero attached hydrogens (tertiary/aromatic N) is 1. The minimum absolute atomic E-state index is 0.00817. The standard InChI is InChI=1S/C14H19N5O/c1-10(15)11-2-4-12(5-3-11)19-14(20)18-7-6-13-16-8-9-17-13/h2-5,8-10H,6-7,15H2,1H3,(H,16,17)(H2,18,19,20). The van der Waals surface area contributed by atoms with Crippen LogP contribution in [0.15, 0.2) is 36.7 Å². The minimum Gasteiger partial charge on any atom is -0.349 e. The molecule has 2 amide bonds. The third-order valence-corrected chi connectivity index (χ3v) is 2.90. The van der Waals surface area contributed by atoms with Crippen molar-refractivity contribution in [2.24, 2.45) is 5.73 Å². The number of carbonyl (C=O) groups excluding carboxylic acids is 1. The first-order chi connectivity index (χ1) is 9.65. The fraction of sp³-hybridized carbons (Fsp3) is 0.286. The molecule has 0 radical (unpaired) electrons. The molecule has 1 aromatic carbocycles. The van der Waals surface area contributed by atoms with E-state index >= 15 is 0 Å². The summed E-state index contributed by atoms with van der Waals surface area (Å²) < 4.78 is 0. The summed E-state index contributed by atoms with van der Waals surface area (Å²) >= 11 is 0. The number of benzene rings is 1. The molecular weight excluding hydrogens is 254 g/mol. The lowest BCUT2D eigenvalue weighted by atomic mass is 10.1. The number of anilines is 1. The number of nitrogens with two attached hydrogens (primary N) is 1. The van der Waals surface area contributed by atoms with Crippen LogP contribution in [0, 0.1) is 0 Å². The minimum atomic E-state index is -0.231. The Balaban J connectivity index is 1.76. The van der Waals surface area contributed by atoms with Crippen molar-refractivity contribution in [3.63, 3.8) is 0 Å².